The molecule has 0 aliphatic carbocycles. The van der Waals surface area contributed by atoms with Gasteiger partial charge >= 0.3 is 0 Å². The predicted molar refractivity (Wildman–Crippen MR) is 46.9 cm³/mol. The van der Waals surface area contributed by atoms with E-state index in [9.17, 15) is 4.53 Å². The summed E-state index contributed by atoms with van der Waals surface area (Å²) < 4.78 is 9.79. The Morgan fingerprint density at radius 2 is 2.00 bits per heavy atom. The minimum Gasteiger partial charge on any atom is -0.198 e. The molecule has 2 heteroatoms. The average molecular weight is 158 g/mol. The fourth-order valence-corrected chi connectivity index (χ4v) is 0.316. The van der Waals surface area contributed by atoms with Crippen LogP contribution in [-0.2, 0) is 4.94 Å². The van der Waals surface area contributed by atoms with E-state index in [0.29, 0.717) is 0 Å². The van der Waals surface area contributed by atoms with Crippen molar-refractivity contribution < 1.29 is 9.47 Å². The van der Waals surface area contributed by atoms with E-state index in [1.807, 2.05) is 38.2 Å². The lowest BCUT2D eigenvalue weighted by atomic mass is 10.3. The summed E-state index contributed by atoms with van der Waals surface area (Å²) in [5.41, 5.74) is 1.20. The maximum Gasteiger partial charge on any atom is 0.0766 e. The Morgan fingerprint density at radius 3 is 2.27 bits per heavy atom. The molecule has 0 heterocycles. The van der Waals surface area contributed by atoms with Gasteiger partial charge in [0.05, 0.1) is 7.11 Å². The van der Waals surface area contributed by atoms with E-state index in [1.54, 1.807) is 0 Å². The highest BCUT2D eigenvalue weighted by molar-refractivity contribution is 5.18. The quantitative estimate of drug-likeness (QED) is 0.561. The second kappa shape index (κ2) is 11.9. The number of allylic oxidation sites excluding steroid dienone is 5. The molecule has 0 saturated heterocycles. The fourth-order valence-electron chi connectivity index (χ4n) is 0.316. The van der Waals surface area contributed by atoms with E-state index in [4.69, 9.17) is 0 Å². The molecule has 0 amide bonds. The molecular formula is C9H15FO. The van der Waals surface area contributed by atoms with E-state index in [2.05, 4.69) is 11.5 Å². The third kappa shape index (κ3) is 17.6. The van der Waals surface area contributed by atoms with Crippen molar-refractivity contribution in [1.29, 1.82) is 0 Å². The van der Waals surface area contributed by atoms with Crippen molar-refractivity contribution in [2.75, 3.05) is 7.11 Å². The smallest absolute Gasteiger partial charge is 0.0766 e. The first-order valence-corrected chi connectivity index (χ1v) is 3.29. The van der Waals surface area contributed by atoms with E-state index in [0.717, 1.165) is 7.11 Å². The number of halogens is 1. The molecule has 64 valence electrons. The van der Waals surface area contributed by atoms with Gasteiger partial charge in [-0.3, -0.25) is 0 Å². The Bertz CT molecular complexity index is 136. The second-order valence-electron chi connectivity index (χ2n) is 1.79. The lowest BCUT2D eigenvalue weighted by Gasteiger charge is -1.81. The normalized spacial score (nSPS) is 10.7. The molecule has 0 aromatic carbocycles. The fraction of sp³-hybridized carbons (Fsp3) is 0.333. The molecule has 0 N–H and O–H groups in total. The van der Waals surface area contributed by atoms with Crippen molar-refractivity contribution in [1.82, 2.24) is 0 Å². The first kappa shape index (κ1) is 12.8. The predicted octanol–water partition coefficient (Wildman–Crippen LogP) is 3.21. The third-order valence-corrected chi connectivity index (χ3v) is 0.874. The molecule has 0 fully saturated rings. The van der Waals surface area contributed by atoms with Crippen LogP contribution in [0.2, 0.25) is 0 Å². The minimum absolute atomic E-state index is 0.958. The number of hydrogen-bond acceptors (Lipinski definition) is 1. The van der Waals surface area contributed by atoms with Gasteiger partial charge in [0, 0.05) is 0 Å². The van der Waals surface area contributed by atoms with Gasteiger partial charge in [-0.05, 0) is 18.4 Å². The summed E-state index contributed by atoms with van der Waals surface area (Å²) in [4.78, 5) is 2.75. The van der Waals surface area contributed by atoms with Gasteiger partial charge in [0.15, 0.2) is 0 Å². The first-order chi connectivity index (χ1) is 5.22. The van der Waals surface area contributed by atoms with E-state index in [-0.39, 0.29) is 0 Å². The monoisotopic (exact) mass is 158 g/mol. The lowest BCUT2D eigenvalue weighted by molar-refractivity contribution is -0.0960. The summed E-state index contributed by atoms with van der Waals surface area (Å²) in [6, 6.07) is 0. The van der Waals surface area contributed by atoms with Crippen LogP contribution in [0, 0.1) is 0 Å². The molecule has 0 rings (SSSR count). The van der Waals surface area contributed by atoms with Crippen LogP contribution in [0.4, 0.5) is 4.53 Å². The molecule has 11 heavy (non-hydrogen) atoms. The van der Waals surface area contributed by atoms with Crippen molar-refractivity contribution in [2.24, 2.45) is 0 Å². The Kier molecular flexibility index (Phi) is 13.7. The highest BCUT2D eigenvalue weighted by atomic mass is 19.3. The lowest BCUT2D eigenvalue weighted by Crippen LogP contribution is -1.60. The summed E-state index contributed by atoms with van der Waals surface area (Å²) in [5.74, 6) is 0. The van der Waals surface area contributed by atoms with Crippen molar-refractivity contribution in [3.8, 4) is 0 Å². The molecule has 0 spiro atoms. The van der Waals surface area contributed by atoms with Gasteiger partial charge in [0.1, 0.15) is 0 Å². The molecule has 0 aromatic rings. The van der Waals surface area contributed by atoms with Crippen molar-refractivity contribution in [3.63, 3.8) is 0 Å². The van der Waals surface area contributed by atoms with Gasteiger partial charge in [-0.15, -0.1) is 0 Å². The molecule has 1 nitrogen and oxygen atoms in total. The van der Waals surface area contributed by atoms with Gasteiger partial charge in [0.25, 0.3) is 0 Å². The summed E-state index contributed by atoms with van der Waals surface area (Å²) in [6.07, 6.45) is 7.84. The maximum absolute atomic E-state index is 9.79. The standard InChI is InChI=1S/C8H12.CH3FO/c1-4-6-7-8(3)5-2;1-3-2/h4-7H,2H2,1,3H3;1H3/b6-4-,8-7-;. The molecule has 0 atom stereocenters. The van der Waals surface area contributed by atoms with Gasteiger partial charge in [-0.2, -0.15) is 4.94 Å². The van der Waals surface area contributed by atoms with Crippen LogP contribution in [0.3, 0.4) is 0 Å². The minimum atomic E-state index is 0.958. The van der Waals surface area contributed by atoms with Crippen molar-refractivity contribution in [2.45, 2.75) is 13.8 Å². The topological polar surface area (TPSA) is 9.23 Å². The highest BCUT2D eigenvalue weighted by Crippen LogP contribution is 1.91. The molecular weight excluding hydrogens is 143 g/mol. The van der Waals surface area contributed by atoms with Crippen LogP contribution in [-0.4, -0.2) is 7.11 Å². The zero-order valence-corrected chi connectivity index (χ0v) is 7.30. The van der Waals surface area contributed by atoms with Gasteiger partial charge in [0.2, 0.25) is 0 Å². The zero-order valence-electron chi connectivity index (χ0n) is 7.30. The van der Waals surface area contributed by atoms with Crippen LogP contribution >= 0.6 is 0 Å². The molecule has 0 bridgehead atoms. The SMILES string of the molecule is C=C/C(C)=C\C=C/C.COF. The van der Waals surface area contributed by atoms with Gasteiger partial charge < -0.3 is 0 Å². The highest BCUT2D eigenvalue weighted by Gasteiger charge is 1.70. The van der Waals surface area contributed by atoms with E-state index in [1.165, 1.54) is 5.57 Å². The third-order valence-electron chi connectivity index (χ3n) is 0.874. The largest absolute Gasteiger partial charge is 0.198 e. The summed E-state index contributed by atoms with van der Waals surface area (Å²) in [5, 5.41) is 0. The molecule has 0 aromatic heterocycles. The Balaban J connectivity index is 0. The van der Waals surface area contributed by atoms with Crippen molar-refractivity contribution >= 4 is 0 Å². The van der Waals surface area contributed by atoms with Crippen LogP contribution < -0.4 is 0 Å². The molecule has 0 aliphatic rings. The van der Waals surface area contributed by atoms with Gasteiger partial charge in [-0.1, -0.05) is 36.5 Å². The van der Waals surface area contributed by atoms with Gasteiger partial charge in [-0.25, -0.2) is 0 Å². The first-order valence-electron chi connectivity index (χ1n) is 3.29. The van der Waals surface area contributed by atoms with Crippen molar-refractivity contribution in [3.05, 3.63) is 36.5 Å². The zero-order chi connectivity index (χ0) is 9.11. The molecule has 0 unspecified atom stereocenters. The maximum atomic E-state index is 9.79. The van der Waals surface area contributed by atoms with E-state index >= 15 is 0 Å². The van der Waals surface area contributed by atoms with Crippen LogP contribution in [0.5, 0.6) is 0 Å². The number of rotatable bonds is 2. The Labute approximate surface area is 67.8 Å². The van der Waals surface area contributed by atoms with E-state index < -0.39 is 0 Å². The summed E-state index contributed by atoms with van der Waals surface area (Å²) in [6.45, 7) is 7.63. The molecule has 0 aliphatic heterocycles. The average Bonchev–Trinajstić information content (AvgIpc) is 2.02. The van der Waals surface area contributed by atoms with Crippen LogP contribution in [0.25, 0.3) is 0 Å². The van der Waals surface area contributed by atoms with Crippen LogP contribution in [0.1, 0.15) is 13.8 Å². The molecule has 0 saturated carbocycles. The number of hydrogen-bond donors (Lipinski definition) is 0. The van der Waals surface area contributed by atoms with Crippen LogP contribution in [0.15, 0.2) is 36.5 Å². The Hall–Kier alpha value is -0.890. The molecule has 0 radical (unpaired) electrons. The summed E-state index contributed by atoms with van der Waals surface area (Å²) in [7, 11) is 0.958. The summed E-state index contributed by atoms with van der Waals surface area (Å²) >= 11 is 0. The Morgan fingerprint density at radius 1 is 1.55 bits per heavy atom. The second-order valence-corrected chi connectivity index (χ2v) is 1.79.